The summed E-state index contributed by atoms with van der Waals surface area (Å²) in [5.74, 6) is -2.40. The van der Waals surface area contributed by atoms with E-state index in [4.69, 9.17) is 16.7 Å². The number of aliphatic carboxylic acids is 1. The zero-order chi connectivity index (χ0) is 21.3. The Kier molecular flexibility index (Phi) is 5.46. The van der Waals surface area contributed by atoms with Crippen molar-refractivity contribution in [2.75, 3.05) is 6.54 Å². The number of nitrogens with one attached hydrogen (secondary N) is 3. The second-order valence-corrected chi connectivity index (χ2v) is 7.83. The van der Waals surface area contributed by atoms with Gasteiger partial charge in [0, 0.05) is 22.0 Å². The summed E-state index contributed by atoms with van der Waals surface area (Å²) in [6.07, 6.45) is 0.911. The van der Waals surface area contributed by atoms with Crippen LogP contribution in [-0.2, 0) is 22.4 Å². The zero-order valence-electron chi connectivity index (χ0n) is 15.9. The number of carbonyl (C=O) groups excluding carboxylic acids is 2. The minimum absolute atomic E-state index is 0.331. The first-order chi connectivity index (χ1) is 14.4. The number of hydrogen-bond donors (Lipinski definition) is 4. The second-order valence-electron chi connectivity index (χ2n) is 7.39. The van der Waals surface area contributed by atoms with Gasteiger partial charge in [0.15, 0.2) is 0 Å². The number of rotatable bonds is 5. The highest BCUT2D eigenvalue weighted by Crippen LogP contribution is 2.27. The van der Waals surface area contributed by atoms with Crippen LogP contribution in [0.15, 0.2) is 48.5 Å². The molecule has 1 heterocycles. The lowest BCUT2D eigenvalue weighted by Gasteiger charge is -2.32. The fourth-order valence-electron chi connectivity index (χ4n) is 3.91. The Morgan fingerprint density at radius 3 is 2.53 bits per heavy atom. The molecule has 0 aliphatic heterocycles. The predicted molar refractivity (Wildman–Crippen MR) is 113 cm³/mol. The Morgan fingerprint density at radius 1 is 1.07 bits per heavy atom. The number of halogens is 1. The summed E-state index contributed by atoms with van der Waals surface area (Å²) in [6, 6.07) is 14.3. The third kappa shape index (κ3) is 4.16. The molecule has 1 aliphatic carbocycles. The number of fused-ring (bicyclic) bond motifs is 2. The maximum absolute atomic E-state index is 12.9. The average Bonchev–Trinajstić information content (AvgIpc) is 3.14. The number of benzene rings is 2. The van der Waals surface area contributed by atoms with Gasteiger partial charge in [0.05, 0.1) is 5.92 Å². The number of carboxylic acids is 1. The van der Waals surface area contributed by atoms with E-state index in [1.54, 1.807) is 24.3 Å². The molecule has 2 atom stereocenters. The van der Waals surface area contributed by atoms with Gasteiger partial charge in [0.25, 0.3) is 5.91 Å². The Bertz CT molecular complexity index is 1140. The Morgan fingerprint density at radius 2 is 1.80 bits per heavy atom. The van der Waals surface area contributed by atoms with E-state index in [1.807, 2.05) is 24.3 Å². The molecule has 0 radical (unpaired) electrons. The van der Waals surface area contributed by atoms with Crippen molar-refractivity contribution in [1.29, 1.82) is 0 Å². The highest BCUT2D eigenvalue weighted by Gasteiger charge is 2.35. The molecule has 1 unspecified atom stereocenters. The van der Waals surface area contributed by atoms with E-state index < -0.39 is 24.5 Å². The van der Waals surface area contributed by atoms with Crippen molar-refractivity contribution in [1.82, 2.24) is 15.6 Å². The molecule has 30 heavy (non-hydrogen) atoms. The normalized spacial score (nSPS) is 17.9. The van der Waals surface area contributed by atoms with Crippen LogP contribution in [0.4, 0.5) is 0 Å². The first kappa shape index (κ1) is 20.0. The van der Waals surface area contributed by atoms with Gasteiger partial charge in [-0.15, -0.1) is 0 Å². The number of carbonyl (C=O) groups is 3. The van der Waals surface area contributed by atoms with Gasteiger partial charge in [-0.3, -0.25) is 14.4 Å². The molecule has 0 saturated carbocycles. The second kappa shape index (κ2) is 8.20. The molecule has 0 fully saturated rings. The molecule has 4 rings (SSSR count). The van der Waals surface area contributed by atoms with Crippen LogP contribution in [0.3, 0.4) is 0 Å². The van der Waals surface area contributed by atoms with E-state index >= 15 is 0 Å². The molecule has 2 amide bonds. The maximum Gasteiger partial charge on any atom is 0.322 e. The van der Waals surface area contributed by atoms with E-state index in [1.165, 1.54) is 0 Å². The summed E-state index contributed by atoms with van der Waals surface area (Å²) < 4.78 is 0. The van der Waals surface area contributed by atoms with Gasteiger partial charge in [0.2, 0.25) is 5.91 Å². The van der Waals surface area contributed by atoms with Crippen LogP contribution >= 0.6 is 11.6 Å². The number of aromatic nitrogens is 1. The first-order valence-corrected chi connectivity index (χ1v) is 9.94. The molecular weight excluding hydrogens is 406 g/mol. The molecule has 0 bridgehead atoms. The van der Waals surface area contributed by atoms with Gasteiger partial charge in [-0.05, 0) is 48.2 Å². The number of carboxylic acid groups (broad SMARTS) is 1. The van der Waals surface area contributed by atoms with Crippen LogP contribution < -0.4 is 10.6 Å². The van der Waals surface area contributed by atoms with E-state index in [0.717, 1.165) is 22.0 Å². The van der Waals surface area contributed by atoms with Gasteiger partial charge in [0.1, 0.15) is 12.2 Å². The van der Waals surface area contributed by atoms with Crippen molar-refractivity contribution in [3.8, 4) is 0 Å². The minimum atomic E-state index is -1.11. The van der Waals surface area contributed by atoms with Crippen LogP contribution in [0.2, 0.25) is 5.02 Å². The molecule has 4 N–H and O–H groups in total. The van der Waals surface area contributed by atoms with Gasteiger partial charge in [-0.2, -0.15) is 0 Å². The van der Waals surface area contributed by atoms with Crippen LogP contribution in [0.5, 0.6) is 0 Å². The van der Waals surface area contributed by atoms with E-state index in [9.17, 15) is 14.4 Å². The average molecular weight is 426 g/mol. The Labute approximate surface area is 177 Å². The SMILES string of the molecule is O=C(O)CNC(=O)[C@@H]1Cc2ccccc2CC1NC(=O)c1cc2cc(Cl)ccc2[nH]1. The summed E-state index contributed by atoms with van der Waals surface area (Å²) in [5, 5.41) is 15.7. The number of hydrogen-bond acceptors (Lipinski definition) is 3. The van der Waals surface area contributed by atoms with Gasteiger partial charge in [-0.1, -0.05) is 35.9 Å². The lowest BCUT2D eigenvalue weighted by molar-refractivity contribution is -0.138. The van der Waals surface area contributed by atoms with Crippen molar-refractivity contribution < 1.29 is 19.5 Å². The van der Waals surface area contributed by atoms with Gasteiger partial charge >= 0.3 is 5.97 Å². The molecule has 154 valence electrons. The molecule has 8 heteroatoms. The summed E-state index contributed by atoms with van der Waals surface area (Å²) in [7, 11) is 0. The smallest absolute Gasteiger partial charge is 0.322 e. The molecule has 7 nitrogen and oxygen atoms in total. The summed E-state index contributed by atoms with van der Waals surface area (Å²) in [6.45, 7) is -0.458. The molecule has 0 saturated heterocycles. The van der Waals surface area contributed by atoms with Crippen LogP contribution in [0.1, 0.15) is 21.6 Å². The standard InChI is InChI=1S/C22H20ClN3O4/c23-15-5-6-17-14(7-15)10-19(25-17)22(30)26-18-9-13-4-2-1-3-12(13)8-16(18)21(29)24-11-20(27)28/h1-7,10,16,18,25H,8-9,11H2,(H,24,29)(H,26,30)(H,27,28)/t16-,18?/m1/s1. The van der Waals surface area contributed by atoms with Crippen molar-refractivity contribution in [2.24, 2.45) is 5.92 Å². The molecule has 2 aromatic carbocycles. The largest absolute Gasteiger partial charge is 0.480 e. The van der Waals surface area contributed by atoms with E-state index in [0.29, 0.717) is 23.6 Å². The molecule has 1 aromatic heterocycles. The van der Waals surface area contributed by atoms with Crippen LogP contribution in [-0.4, -0.2) is 40.5 Å². The molecule has 0 spiro atoms. The van der Waals surface area contributed by atoms with Gasteiger partial charge < -0.3 is 20.7 Å². The quantitative estimate of drug-likeness (QED) is 0.503. The third-order valence-electron chi connectivity index (χ3n) is 5.38. The first-order valence-electron chi connectivity index (χ1n) is 9.56. The van der Waals surface area contributed by atoms with Gasteiger partial charge in [-0.25, -0.2) is 0 Å². The van der Waals surface area contributed by atoms with Crippen molar-refractivity contribution >= 4 is 40.3 Å². The number of H-pyrrole nitrogens is 1. The topological polar surface area (TPSA) is 111 Å². The van der Waals surface area contributed by atoms with E-state index in [-0.39, 0.29) is 11.8 Å². The fourth-order valence-corrected chi connectivity index (χ4v) is 4.09. The van der Waals surface area contributed by atoms with Crippen LogP contribution in [0.25, 0.3) is 10.9 Å². The van der Waals surface area contributed by atoms with Crippen molar-refractivity contribution in [2.45, 2.75) is 18.9 Å². The predicted octanol–water partition coefficient (Wildman–Crippen LogP) is 2.54. The lowest BCUT2D eigenvalue weighted by atomic mass is 9.79. The molecule has 1 aliphatic rings. The van der Waals surface area contributed by atoms with Crippen LogP contribution in [0, 0.1) is 5.92 Å². The molecular formula is C22H20ClN3O4. The summed E-state index contributed by atoms with van der Waals surface area (Å²) in [4.78, 5) is 39.5. The molecule has 3 aromatic rings. The fraction of sp³-hybridized carbons (Fsp3) is 0.227. The summed E-state index contributed by atoms with van der Waals surface area (Å²) >= 11 is 6.02. The Balaban J connectivity index is 1.57. The summed E-state index contributed by atoms with van der Waals surface area (Å²) in [5.41, 5.74) is 3.25. The highest BCUT2D eigenvalue weighted by molar-refractivity contribution is 6.31. The third-order valence-corrected chi connectivity index (χ3v) is 5.61. The Hall–Kier alpha value is -3.32. The zero-order valence-corrected chi connectivity index (χ0v) is 16.7. The monoisotopic (exact) mass is 425 g/mol. The lowest BCUT2D eigenvalue weighted by Crippen LogP contribution is -2.51. The number of amides is 2. The number of aromatic amines is 1. The van der Waals surface area contributed by atoms with Crippen molar-refractivity contribution in [3.05, 3.63) is 70.4 Å². The minimum Gasteiger partial charge on any atom is -0.480 e. The van der Waals surface area contributed by atoms with E-state index in [2.05, 4.69) is 15.6 Å². The highest BCUT2D eigenvalue weighted by atomic mass is 35.5. The van der Waals surface area contributed by atoms with Crippen molar-refractivity contribution in [3.63, 3.8) is 0 Å². The maximum atomic E-state index is 12.9.